The fourth-order valence-corrected chi connectivity index (χ4v) is 2.62. The van der Waals surface area contributed by atoms with Gasteiger partial charge in [-0.15, -0.1) is 0 Å². The Balaban J connectivity index is 3.11. The third kappa shape index (κ3) is 3.64. The quantitative estimate of drug-likeness (QED) is 0.795. The van der Waals surface area contributed by atoms with Crippen LogP contribution in [0.2, 0.25) is 0 Å². The minimum Gasteiger partial charge on any atom is -0.493 e. The van der Waals surface area contributed by atoms with Crippen LogP contribution in [0, 0.1) is 0 Å². The third-order valence-corrected chi connectivity index (χ3v) is 3.91. The van der Waals surface area contributed by atoms with Crippen LogP contribution in [0.25, 0.3) is 0 Å². The third-order valence-electron chi connectivity index (χ3n) is 3.91. The zero-order chi connectivity index (χ0) is 15.1. The maximum absolute atomic E-state index is 6.02. The van der Waals surface area contributed by atoms with Crippen LogP contribution in [0.5, 0.6) is 11.5 Å². The SMILES string of the molecule is CCCC(C)N(C)C(CN)c1cccc(OC)c1OC. The lowest BCUT2D eigenvalue weighted by molar-refractivity contribution is 0.176. The van der Waals surface area contributed by atoms with E-state index in [0.717, 1.165) is 29.9 Å². The maximum atomic E-state index is 6.02. The first kappa shape index (κ1) is 16.8. The van der Waals surface area contributed by atoms with Gasteiger partial charge >= 0.3 is 0 Å². The average molecular weight is 280 g/mol. The summed E-state index contributed by atoms with van der Waals surface area (Å²) in [6, 6.07) is 6.56. The van der Waals surface area contributed by atoms with Crippen LogP contribution >= 0.6 is 0 Å². The van der Waals surface area contributed by atoms with Crippen molar-refractivity contribution >= 4 is 0 Å². The van der Waals surface area contributed by atoms with Crippen molar-refractivity contribution in [2.45, 2.75) is 38.8 Å². The van der Waals surface area contributed by atoms with Crippen molar-refractivity contribution in [1.82, 2.24) is 4.90 Å². The Morgan fingerprint density at radius 3 is 2.45 bits per heavy atom. The zero-order valence-electron chi connectivity index (χ0n) is 13.3. The molecule has 0 radical (unpaired) electrons. The zero-order valence-corrected chi connectivity index (χ0v) is 13.3. The van der Waals surface area contributed by atoms with Crippen molar-refractivity contribution in [3.8, 4) is 11.5 Å². The number of ether oxygens (including phenoxy) is 2. The molecule has 0 saturated carbocycles. The number of methoxy groups -OCH3 is 2. The average Bonchev–Trinajstić information content (AvgIpc) is 2.47. The lowest BCUT2D eigenvalue weighted by Gasteiger charge is -2.33. The van der Waals surface area contributed by atoms with E-state index in [1.165, 1.54) is 0 Å². The summed E-state index contributed by atoms with van der Waals surface area (Å²) in [6.07, 6.45) is 2.32. The molecule has 0 fully saturated rings. The molecular formula is C16H28N2O2. The lowest BCUT2D eigenvalue weighted by atomic mass is 10.0. The van der Waals surface area contributed by atoms with Crippen LogP contribution < -0.4 is 15.2 Å². The second-order valence-electron chi connectivity index (χ2n) is 5.14. The van der Waals surface area contributed by atoms with Crippen molar-refractivity contribution in [2.24, 2.45) is 5.73 Å². The van der Waals surface area contributed by atoms with Gasteiger partial charge in [0, 0.05) is 18.2 Å². The molecule has 0 amide bonds. The summed E-state index contributed by atoms with van der Waals surface area (Å²) in [6.45, 7) is 4.99. The summed E-state index contributed by atoms with van der Waals surface area (Å²) in [5, 5.41) is 0. The molecule has 0 bridgehead atoms. The van der Waals surface area contributed by atoms with Gasteiger partial charge in [0.2, 0.25) is 0 Å². The number of likely N-dealkylation sites (N-methyl/N-ethyl adjacent to an activating group) is 1. The first-order valence-electron chi connectivity index (χ1n) is 7.23. The van der Waals surface area contributed by atoms with Gasteiger partial charge in [-0.2, -0.15) is 0 Å². The van der Waals surface area contributed by atoms with Crippen LogP contribution in [-0.4, -0.2) is 38.8 Å². The molecule has 4 heteroatoms. The molecule has 0 spiro atoms. The van der Waals surface area contributed by atoms with Crippen LogP contribution in [0.1, 0.15) is 38.3 Å². The molecule has 0 heterocycles. The number of para-hydroxylation sites is 1. The van der Waals surface area contributed by atoms with Gasteiger partial charge in [-0.25, -0.2) is 0 Å². The summed E-state index contributed by atoms with van der Waals surface area (Å²) in [7, 11) is 5.45. The Labute approximate surface area is 122 Å². The van der Waals surface area contributed by atoms with Crippen molar-refractivity contribution in [2.75, 3.05) is 27.8 Å². The molecule has 1 aromatic carbocycles. The van der Waals surface area contributed by atoms with Gasteiger partial charge in [0.05, 0.1) is 20.3 Å². The van der Waals surface area contributed by atoms with Gasteiger partial charge in [-0.05, 0) is 26.5 Å². The fraction of sp³-hybridized carbons (Fsp3) is 0.625. The van der Waals surface area contributed by atoms with Gasteiger partial charge in [-0.1, -0.05) is 25.5 Å². The van der Waals surface area contributed by atoms with Gasteiger partial charge in [-0.3, -0.25) is 4.90 Å². The Hall–Kier alpha value is -1.26. The molecule has 1 rings (SSSR count). The maximum Gasteiger partial charge on any atom is 0.165 e. The number of hydrogen-bond donors (Lipinski definition) is 1. The minimum atomic E-state index is 0.126. The van der Waals surface area contributed by atoms with Gasteiger partial charge in [0.15, 0.2) is 11.5 Å². The molecule has 2 atom stereocenters. The monoisotopic (exact) mass is 280 g/mol. The molecule has 20 heavy (non-hydrogen) atoms. The van der Waals surface area contributed by atoms with Crippen molar-refractivity contribution in [3.63, 3.8) is 0 Å². The van der Waals surface area contributed by atoms with Gasteiger partial charge < -0.3 is 15.2 Å². The second-order valence-corrected chi connectivity index (χ2v) is 5.14. The predicted molar refractivity (Wildman–Crippen MR) is 83.5 cm³/mol. The summed E-state index contributed by atoms with van der Waals surface area (Å²) in [4.78, 5) is 2.32. The highest BCUT2D eigenvalue weighted by atomic mass is 16.5. The van der Waals surface area contributed by atoms with E-state index in [2.05, 4.69) is 31.9 Å². The molecule has 4 nitrogen and oxygen atoms in total. The standard InChI is InChI=1S/C16H28N2O2/c1-6-8-12(2)18(3)14(11-17)13-9-7-10-15(19-4)16(13)20-5/h7,9-10,12,14H,6,8,11,17H2,1-5H3. The summed E-state index contributed by atoms with van der Waals surface area (Å²) < 4.78 is 10.9. The molecule has 0 aliphatic heterocycles. The minimum absolute atomic E-state index is 0.126. The van der Waals surface area contributed by atoms with Crippen LogP contribution in [0.3, 0.4) is 0 Å². The van der Waals surface area contributed by atoms with Crippen molar-refractivity contribution < 1.29 is 9.47 Å². The molecule has 0 saturated heterocycles. The van der Waals surface area contributed by atoms with Crippen molar-refractivity contribution in [1.29, 1.82) is 0 Å². The lowest BCUT2D eigenvalue weighted by Crippen LogP contribution is -2.37. The van der Waals surface area contributed by atoms with Crippen molar-refractivity contribution in [3.05, 3.63) is 23.8 Å². The highest BCUT2D eigenvalue weighted by Crippen LogP contribution is 2.36. The normalized spacial score (nSPS) is 14.2. The Morgan fingerprint density at radius 2 is 1.95 bits per heavy atom. The van der Waals surface area contributed by atoms with E-state index < -0.39 is 0 Å². The van der Waals surface area contributed by atoms with E-state index in [9.17, 15) is 0 Å². The topological polar surface area (TPSA) is 47.7 Å². The Bertz CT molecular complexity index is 409. The van der Waals surface area contributed by atoms with E-state index in [1.54, 1.807) is 14.2 Å². The molecule has 2 N–H and O–H groups in total. The molecular weight excluding hydrogens is 252 g/mol. The molecule has 114 valence electrons. The molecule has 2 unspecified atom stereocenters. The van der Waals surface area contributed by atoms with E-state index in [0.29, 0.717) is 12.6 Å². The van der Waals surface area contributed by atoms with Gasteiger partial charge in [0.25, 0.3) is 0 Å². The number of hydrogen-bond acceptors (Lipinski definition) is 4. The summed E-state index contributed by atoms with van der Waals surface area (Å²) in [5.41, 5.74) is 7.10. The number of benzene rings is 1. The highest BCUT2D eigenvalue weighted by Gasteiger charge is 2.24. The second kappa shape index (κ2) is 8.12. The summed E-state index contributed by atoms with van der Waals surface area (Å²) >= 11 is 0. The van der Waals surface area contributed by atoms with Crippen LogP contribution in [-0.2, 0) is 0 Å². The van der Waals surface area contributed by atoms with E-state index >= 15 is 0 Å². The smallest absolute Gasteiger partial charge is 0.165 e. The van der Waals surface area contributed by atoms with Crippen LogP contribution in [0.15, 0.2) is 18.2 Å². The first-order chi connectivity index (χ1) is 9.60. The highest BCUT2D eigenvalue weighted by molar-refractivity contribution is 5.48. The van der Waals surface area contributed by atoms with E-state index in [4.69, 9.17) is 15.2 Å². The summed E-state index contributed by atoms with van der Waals surface area (Å²) in [5.74, 6) is 1.53. The largest absolute Gasteiger partial charge is 0.493 e. The Morgan fingerprint density at radius 1 is 1.25 bits per heavy atom. The number of rotatable bonds is 8. The van der Waals surface area contributed by atoms with E-state index in [-0.39, 0.29) is 6.04 Å². The molecule has 0 aliphatic carbocycles. The first-order valence-corrected chi connectivity index (χ1v) is 7.23. The molecule has 1 aromatic rings. The molecule has 0 aromatic heterocycles. The molecule has 0 aliphatic rings. The number of nitrogens with zero attached hydrogens (tertiary/aromatic N) is 1. The number of nitrogens with two attached hydrogens (primary N) is 1. The fourth-order valence-electron chi connectivity index (χ4n) is 2.62. The van der Waals surface area contributed by atoms with Gasteiger partial charge in [0.1, 0.15) is 0 Å². The predicted octanol–water partition coefficient (Wildman–Crippen LogP) is 2.82. The van der Waals surface area contributed by atoms with E-state index in [1.807, 2.05) is 12.1 Å². The van der Waals surface area contributed by atoms with Crippen LogP contribution in [0.4, 0.5) is 0 Å². The Kier molecular flexibility index (Phi) is 6.82.